The van der Waals surface area contributed by atoms with Crippen molar-refractivity contribution in [2.75, 3.05) is 5.73 Å². The van der Waals surface area contributed by atoms with Crippen LogP contribution >= 0.6 is 0 Å². The summed E-state index contributed by atoms with van der Waals surface area (Å²) in [5.74, 6) is 0. The van der Waals surface area contributed by atoms with E-state index < -0.39 is 23.5 Å². The molecule has 0 unspecified atom stereocenters. The summed E-state index contributed by atoms with van der Waals surface area (Å²) >= 11 is 0. The fraction of sp³-hybridized carbons (Fsp3) is 0.600. The topological polar surface area (TPSA) is 87.8 Å². The number of aryl methyl sites for hydroxylation is 2. The van der Waals surface area contributed by atoms with E-state index in [0.717, 1.165) is 18.5 Å². The third kappa shape index (κ3) is 10.6. The number of rotatable bonds is 2. The molecule has 0 radical (unpaired) electrons. The number of carbonyl (C=O) groups is 2. The zero-order valence-corrected chi connectivity index (χ0v) is 17.3. The molecule has 0 fully saturated rings. The molecule has 0 aromatic heterocycles. The molecule has 6 nitrogen and oxygen atoms in total. The first-order valence-corrected chi connectivity index (χ1v) is 8.79. The molecule has 0 saturated heterocycles. The maximum atomic E-state index is 11.0. The van der Waals surface area contributed by atoms with Gasteiger partial charge in [-0.25, -0.2) is 9.59 Å². The summed E-state index contributed by atoms with van der Waals surface area (Å²) < 4.78 is 13.8. The number of nitrogen functional groups attached to an aromatic ring is 1. The van der Waals surface area contributed by atoms with Crippen molar-refractivity contribution >= 4 is 18.0 Å². The molecule has 0 spiro atoms. The minimum absolute atomic E-state index is 0.695. The zero-order chi connectivity index (χ0) is 20.5. The van der Waals surface area contributed by atoms with Crippen LogP contribution in [0.3, 0.4) is 0 Å². The first kappa shape index (κ1) is 23.8. The van der Waals surface area contributed by atoms with Gasteiger partial charge >= 0.3 is 12.3 Å². The van der Waals surface area contributed by atoms with E-state index in [4.69, 9.17) is 15.2 Å². The number of nitrogens with two attached hydrogens (primary N) is 1. The van der Waals surface area contributed by atoms with Crippen molar-refractivity contribution in [3.05, 3.63) is 29.3 Å². The number of carbonyl (C=O) groups excluding carboxylic acids is 2. The Morgan fingerprint density at radius 1 is 0.846 bits per heavy atom. The predicted octanol–water partition coefficient (Wildman–Crippen LogP) is 5.27. The van der Waals surface area contributed by atoms with Gasteiger partial charge in [0.25, 0.3) is 0 Å². The lowest BCUT2D eigenvalue weighted by molar-refractivity contribution is -0.0293. The molecule has 0 bridgehead atoms. The smallest absolute Gasteiger partial charge is 0.428 e. The SMILES string of the molecule is CC(C)(C)OC(=O)OC(=O)OC(C)(C)C.CCc1cccc(CC)c1N. The van der Waals surface area contributed by atoms with Crippen LogP contribution in [0.5, 0.6) is 0 Å². The Morgan fingerprint density at radius 2 is 1.19 bits per heavy atom. The van der Waals surface area contributed by atoms with Gasteiger partial charge in [-0.15, -0.1) is 0 Å². The first-order valence-electron chi connectivity index (χ1n) is 8.79. The summed E-state index contributed by atoms with van der Waals surface area (Å²) in [6.07, 6.45) is -0.0622. The Hall–Kier alpha value is -2.24. The standard InChI is InChI=1S/C10H15N.C10H18O5/c1-3-8-6-5-7-9(4-2)10(8)11;1-9(2,3)14-7(11)13-8(12)15-10(4,5)6/h5-7H,3-4,11H2,1-2H3;1-6H3. The van der Waals surface area contributed by atoms with Gasteiger partial charge in [-0.2, -0.15) is 0 Å². The molecule has 0 heterocycles. The lowest BCUT2D eigenvalue weighted by Crippen LogP contribution is -2.29. The highest BCUT2D eigenvalue weighted by atomic mass is 16.8. The molecule has 6 heteroatoms. The quantitative estimate of drug-likeness (QED) is 0.435. The van der Waals surface area contributed by atoms with E-state index in [0.29, 0.717) is 0 Å². The van der Waals surface area contributed by atoms with Crippen molar-refractivity contribution < 1.29 is 23.8 Å². The van der Waals surface area contributed by atoms with Crippen LogP contribution in [0.2, 0.25) is 0 Å². The third-order valence-electron chi connectivity index (χ3n) is 2.99. The summed E-state index contributed by atoms with van der Waals surface area (Å²) in [5.41, 5.74) is 8.03. The highest BCUT2D eigenvalue weighted by molar-refractivity contribution is 5.77. The molecule has 0 aliphatic carbocycles. The normalized spacial score (nSPS) is 11.1. The largest absolute Gasteiger partial charge is 0.519 e. The van der Waals surface area contributed by atoms with E-state index in [2.05, 4.69) is 36.8 Å². The number of ether oxygens (including phenoxy) is 3. The molecule has 1 rings (SSSR count). The van der Waals surface area contributed by atoms with Gasteiger partial charge in [-0.3, -0.25) is 0 Å². The van der Waals surface area contributed by atoms with Gasteiger partial charge in [0, 0.05) is 5.69 Å². The van der Waals surface area contributed by atoms with Crippen LogP contribution in [0, 0.1) is 0 Å². The fourth-order valence-electron chi connectivity index (χ4n) is 1.89. The van der Waals surface area contributed by atoms with Gasteiger partial charge in [0.05, 0.1) is 0 Å². The second-order valence-corrected chi connectivity index (χ2v) is 7.73. The van der Waals surface area contributed by atoms with Gasteiger partial charge in [-0.05, 0) is 65.5 Å². The lowest BCUT2D eigenvalue weighted by atomic mass is 10.0. The van der Waals surface area contributed by atoms with Crippen LogP contribution in [0.1, 0.15) is 66.5 Å². The first-order chi connectivity index (χ1) is 11.8. The van der Waals surface area contributed by atoms with Crippen LogP contribution in [-0.2, 0) is 27.1 Å². The van der Waals surface area contributed by atoms with Crippen molar-refractivity contribution in [1.29, 1.82) is 0 Å². The molecule has 0 aliphatic heterocycles. The van der Waals surface area contributed by atoms with Crippen LogP contribution in [0.4, 0.5) is 15.3 Å². The van der Waals surface area contributed by atoms with Gasteiger partial charge in [0.15, 0.2) is 0 Å². The Kier molecular flexibility index (Phi) is 9.18. The maximum Gasteiger partial charge on any atom is 0.519 e. The van der Waals surface area contributed by atoms with E-state index in [1.807, 2.05) is 0 Å². The van der Waals surface area contributed by atoms with Gasteiger partial charge in [-0.1, -0.05) is 32.0 Å². The summed E-state index contributed by atoms with van der Waals surface area (Å²) in [4.78, 5) is 22.0. The van der Waals surface area contributed by atoms with Crippen molar-refractivity contribution in [1.82, 2.24) is 0 Å². The van der Waals surface area contributed by atoms with E-state index in [9.17, 15) is 9.59 Å². The average Bonchev–Trinajstić information content (AvgIpc) is 2.43. The van der Waals surface area contributed by atoms with Gasteiger partial charge in [0.2, 0.25) is 0 Å². The summed E-state index contributed by atoms with van der Waals surface area (Å²) in [6, 6.07) is 6.26. The number of para-hydroxylation sites is 1. The van der Waals surface area contributed by atoms with E-state index >= 15 is 0 Å². The molecule has 0 aliphatic rings. The molecule has 0 saturated carbocycles. The van der Waals surface area contributed by atoms with E-state index in [1.165, 1.54) is 11.1 Å². The predicted molar refractivity (Wildman–Crippen MR) is 103 cm³/mol. The monoisotopic (exact) mass is 367 g/mol. The van der Waals surface area contributed by atoms with E-state index in [1.54, 1.807) is 41.5 Å². The molecule has 1 aromatic carbocycles. The number of hydrogen-bond donors (Lipinski definition) is 1. The summed E-state index contributed by atoms with van der Waals surface area (Å²) in [5, 5.41) is 0. The molecule has 0 atom stereocenters. The Bertz CT molecular complexity index is 549. The van der Waals surface area contributed by atoms with Crippen LogP contribution in [0.15, 0.2) is 18.2 Å². The van der Waals surface area contributed by atoms with Crippen LogP contribution in [-0.4, -0.2) is 23.5 Å². The molecule has 148 valence electrons. The summed E-state index contributed by atoms with van der Waals surface area (Å²) in [7, 11) is 0. The molecular formula is C20H33NO5. The second kappa shape index (κ2) is 10.0. The zero-order valence-electron chi connectivity index (χ0n) is 17.3. The Balaban J connectivity index is 0.000000502. The molecule has 1 aromatic rings. The van der Waals surface area contributed by atoms with Crippen molar-refractivity contribution in [3.8, 4) is 0 Å². The Labute approximate surface area is 157 Å². The van der Waals surface area contributed by atoms with Gasteiger partial charge < -0.3 is 19.9 Å². The van der Waals surface area contributed by atoms with Crippen molar-refractivity contribution in [2.45, 2.75) is 79.4 Å². The van der Waals surface area contributed by atoms with Crippen molar-refractivity contribution in [3.63, 3.8) is 0 Å². The fourth-order valence-corrected chi connectivity index (χ4v) is 1.89. The molecule has 0 amide bonds. The maximum absolute atomic E-state index is 11.0. The minimum Gasteiger partial charge on any atom is -0.428 e. The minimum atomic E-state index is -1.06. The number of anilines is 1. The highest BCUT2D eigenvalue weighted by Gasteiger charge is 2.24. The lowest BCUT2D eigenvalue weighted by Gasteiger charge is -2.20. The van der Waals surface area contributed by atoms with Crippen molar-refractivity contribution in [2.24, 2.45) is 0 Å². The Morgan fingerprint density at radius 3 is 1.46 bits per heavy atom. The molecule has 26 heavy (non-hydrogen) atoms. The van der Waals surface area contributed by atoms with E-state index in [-0.39, 0.29) is 0 Å². The third-order valence-corrected chi connectivity index (χ3v) is 2.99. The van der Waals surface area contributed by atoms with Crippen LogP contribution in [0.25, 0.3) is 0 Å². The van der Waals surface area contributed by atoms with Crippen LogP contribution < -0.4 is 5.73 Å². The second-order valence-electron chi connectivity index (χ2n) is 7.73. The molecular weight excluding hydrogens is 334 g/mol. The summed E-state index contributed by atoms with van der Waals surface area (Å²) in [6.45, 7) is 14.3. The number of benzene rings is 1. The molecule has 2 N–H and O–H groups in total. The average molecular weight is 367 g/mol. The van der Waals surface area contributed by atoms with Gasteiger partial charge in [0.1, 0.15) is 11.2 Å². The highest BCUT2D eigenvalue weighted by Crippen LogP contribution is 2.18. The number of hydrogen-bond acceptors (Lipinski definition) is 6.